The maximum absolute atomic E-state index is 11.3. The summed E-state index contributed by atoms with van der Waals surface area (Å²) in [5.74, 6) is 1.07. The molecule has 0 bridgehead atoms. The van der Waals surface area contributed by atoms with Crippen molar-refractivity contribution in [3.05, 3.63) is 60.2 Å². The topological polar surface area (TPSA) is 46.5 Å². The molecule has 1 atom stereocenters. The molecule has 0 fully saturated rings. The van der Waals surface area contributed by atoms with E-state index in [-0.39, 0.29) is 5.92 Å². The maximum atomic E-state index is 11.3. The summed E-state index contributed by atoms with van der Waals surface area (Å²) in [6.45, 7) is 0. The lowest BCUT2D eigenvalue weighted by molar-refractivity contribution is -0.141. The van der Waals surface area contributed by atoms with Crippen LogP contribution in [-0.4, -0.2) is 16.8 Å². The molecule has 0 heterocycles. The second-order valence-electron chi connectivity index (χ2n) is 5.17. The normalized spacial score (nSPS) is 11.9. The van der Waals surface area contributed by atoms with Crippen LogP contribution in [0.25, 0.3) is 0 Å². The third-order valence-corrected chi connectivity index (χ3v) is 3.74. The van der Waals surface area contributed by atoms with Crippen molar-refractivity contribution in [2.24, 2.45) is 5.92 Å². The van der Waals surface area contributed by atoms with Gasteiger partial charge in [0.05, 0.1) is 5.92 Å². The van der Waals surface area contributed by atoms with E-state index in [1.165, 1.54) is 0 Å². The third-order valence-electron chi connectivity index (χ3n) is 3.42. The first kappa shape index (κ1) is 16.4. The summed E-state index contributed by atoms with van der Waals surface area (Å²) >= 11 is 4.15. The Kier molecular flexibility index (Phi) is 6.34. The Bertz CT molecular complexity index is 598. The maximum Gasteiger partial charge on any atom is 0.306 e. The molecule has 0 spiro atoms. The largest absolute Gasteiger partial charge is 0.481 e. The van der Waals surface area contributed by atoms with E-state index < -0.39 is 5.97 Å². The molecule has 0 saturated heterocycles. The number of hydrogen-bond donors (Lipinski definition) is 2. The first-order valence-corrected chi connectivity index (χ1v) is 7.98. The number of carboxylic acids is 1. The van der Waals surface area contributed by atoms with Crippen molar-refractivity contribution in [2.45, 2.75) is 19.3 Å². The standard InChI is InChI=1S/C18H20O3S/c19-18(20)15(7-5-11-22)12-14-6-4-10-17(13-14)21-16-8-2-1-3-9-16/h1-4,6,8-10,13,15,22H,5,7,11-12H2,(H,19,20). The fraction of sp³-hybridized carbons (Fsp3) is 0.278. The summed E-state index contributed by atoms with van der Waals surface area (Å²) < 4.78 is 5.78. The van der Waals surface area contributed by atoms with Crippen molar-refractivity contribution >= 4 is 18.6 Å². The predicted molar refractivity (Wildman–Crippen MR) is 90.9 cm³/mol. The molecule has 0 radical (unpaired) electrons. The quantitative estimate of drug-likeness (QED) is 0.708. The van der Waals surface area contributed by atoms with Crippen LogP contribution in [0.15, 0.2) is 54.6 Å². The highest BCUT2D eigenvalue weighted by molar-refractivity contribution is 7.80. The van der Waals surface area contributed by atoms with Crippen molar-refractivity contribution in [1.29, 1.82) is 0 Å². The van der Waals surface area contributed by atoms with E-state index in [9.17, 15) is 9.90 Å². The summed E-state index contributed by atoms with van der Waals surface area (Å²) in [5.41, 5.74) is 0.972. The van der Waals surface area contributed by atoms with E-state index in [4.69, 9.17) is 4.74 Å². The molecule has 0 amide bonds. The van der Waals surface area contributed by atoms with Crippen molar-refractivity contribution in [2.75, 3.05) is 5.75 Å². The highest BCUT2D eigenvalue weighted by atomic mass is 32.1. The van der Waals surface area contributed by atoms with Crippen molar-refractivity contribution < 1.29 is 14.6 Å². The Morgan fingerprint density at radius 3 is 2.50 bits per heavy atom. The van der Waals surface area contributed by atoms with Crippen molar-refractivity contribution in [3.8, 4) is 11.5 Å². The van der Waals surface area contributed by atoms with E-state index in [2.05, 4.69) is 12.6 Å². The Balaban J connectivity index is 2.05. The number of hydrogen-bond acceptors (Lipinski definition) is 3. The zero-order chi connectivity index (χ0) is 15.8. The molecule has 0 aromatic heterocycles. The van der Waals surface area contributed by atoms with Gasteiger partial charge in [0.1, 0.15) is 11.5 Å². The van der Waals surface area contributed by atoms with Crippen molar-refractivity contribution in [1.82, 2.24) is 0 Å². The zero-order valence-corrected chi connectivity index (χ0v) is 13.2. The van der Waals surface area contributed by atoms with E-state index >= 15 is 0 Å². The van der Waals surface area contributed by atoms with Crippen molar-refractivity contribution in [3.63, 3.8) is 0 Å². The summed E-state index contributed by atoms with van der Waals surface area (Å²) in [7, 11) is 0. The molecule has 1 unspecified atom stereocenters. The lowest BCUT2D eigenvalue weighted by Crippen LogP contribution is -2.16. The van der Waals surface area contributed by atoms with Gasteiger partial charge in [-0.15, -0.1) is 0 Å². The monoisotopic (exact) mass is 316 g/mol. The van der Waals surface area contributed by atoms with E-state index in [0.29, 0.717) is 18.6 Å². The van der Waals surface area contributed by atoms with E-state index in [1.807, 2.05) is 54.6 Å². The number of para-hydroxylation sites is 1. The Morgan fingerprint density at radius 2 is 1.82 bits per heavy atom. The highest BCUT2D eigenvalue weighted by Gasteiger charge is 2.17. The Labute approximate surface area is 136 Å². The minimum atomic E-state index is -0.754. The van der Waals surface area contributed by atoms with Crippen LogP contribution >= 0.6 is 12.6 Å². The van der Waals surface area contributed by atoms with E-state index in [1.54, 1.807) is 0 Å². The molecule has 0 saturated carbocycles. The molecule has 2 rings (SSSR count). The van der Waals surface area contributed by atoms with Gasteiger partial charge in [-0.3, -0.25) is 4.79 Å². The van der Waals surface area contributed by atoms with Crippen LogP contribution < -0.4 is 4.74 Å². The second kappa shape index (κ2) is 8.49. The van der Waals surface area contributed by atoms with Gasteiger partial charge in [0.25, 0.3) is 0 Å². The number of aliphatic carboxylic acids is 1. The minimum absolute atomic E-state index is 0.376. The van der Waals surface area contributed by atoms with E-state index in [0.717, 1.165) is 23.5 Å². The van der Waals surface area contributed by atoms with Crippen LogP contribution in [0.3, 0.4) is 0 Å². The SMILES string of the molecule is O=C(O)C(CCCS)Cc1cccc(Oc2ccccc2)c1. The minimum Gasteiger partial charge on any atom is -0.481 e. The summed E-state index contributed by atoms with van der Waals surface area (Å²) in [4.78, 5) is 11.3. The predicted octanol–water partition coefficient (Wildman–Crippen LogP) is 4.43. The van der Waals surface area contributed by atoms with Crippen LogP contribution in [-0.2, 0) is 11.2 Å². The summed E-state index contributed by atoms with van der Waals surface area (Å²) in [6, 6.07) is 17.2. The lowest BCUT2D eigenvalue weighted by atomic mass is 9.95. The molecule has 0 aliphatic heterocycles. The molecule has 0 aliphatic carbocycles. The Hall–Kier alpha value is -1.94. The highest BCUT2D eigenvalue weighted by Crippen LogP contribution is 2.24. The third kappa shape index (κ3) is 5.11. The molecule has 0 aliphatic rings. The molecule has 2 aromatic carbocycles. The smallest absolute Gasteiger partial charge is 0.306 e. The van der Waals surface area contributed by atoms with Crippen LogP contribution in [0.4, 0.5) is 0 Å². The number of rotatable bonds is 8. The van der Waals surface area contributed by atoms with Gasteiger partial charge in [-0.2, -0.15) is 12.6 Å². The number of thiol groups is 1. The number of carboxylic acid groups (broad SMARTS) is 1. The average molecular weight is 316 g/mol. The van der Waals surface area contributed by atoms with Gasteiger partial charge in [0, 0.05) is 0 Å². The fourth-order valence-electron chi connectivity index (χ4n) is 2.30. The van der Waals surface area contributed by atoms with Gasteiger partial charge in [0.2, 0.25) is 0 Å². The van der Waals surface area contributed by atoms with Gasteiger partial charge in [0.15, 0.2) is 0 Å². The van der Waals surface area contributed by atoms with Gasteiger partial charge >= 0.3 is 5.97 Å². The number of carbonyl (C=O) groups is 1. The van der Waals surface area contributed by atoms with Gasteiger partial charge in [-0.1, -0.05) is 30.3 Å². The second-order valence-corrected chi connectivity index (χ2v) is 5.61. The van der Waals surface area contributed by atoms with Crippen LogP contribution in [0.1, 0.15) is 18.4 Å². The lowest BCUT2D eigenvalue weighted by Gasteiger charge is -2.13. The first-order valence-electron chi connectivity index (χ1n) is 7.34. The van der Waals surface area contributed by atoms with Crippen LogP contribution in [0.5, 0.6) is 11.5 Å². The summed E-state index contributed by atoms with van der Waals surface area (Å²) in [6.07, 6.45) is 1.96. The molecule has 4 heteroatoms. The van der Waals surface area contributed by atoms with Crippen LogP contribution in [0.2, 0.25) is 0 Å². The van der Waals surface area contributed by atoms with Crippen LogP contribution in [0, 0.1) is 5.92 Å². The fourth-order valence-corrected chi connectivity index (χ4v) is 2.48. The molecule has 2 aromatic rings. The van der Waals surface area contributed by atoms with Gasteiger partial charge in [-0.05, 0) is 54.8 Å². The Morgan fingerprint density at radius 1 is 1.09 bits per heavy atom. The zero-order valence-electron chi connectivity index (χ0n) is 12.3. The number of benzene rings is 2. The number of ether oxygens (including phenoxy) is 1. The van der Waals surface area contributed by atoms with Gasteiger partial charge < -0.3 is 9.84 Å². The summed E-state index contributed by atoms with van der Waals surface area (Å²) in [5, 5.41) is 9.31. The molecule has 22 heavy (non-hydrogen) atoms. The molecular formula is C18H20O3S. The molecular weight excluding hydrogens is 296 g/mol. The first-order chi connectivity index (χ1) is 10.7. The molecule has 1 N–H and O–H groups in total. The van der Waals surface area contributed by atoms with Gasteiger partial charge in [-0.25, -0.2) is 0 Å². The molecule has 3 nitrogen and oxygen atoms in total. The molecule has 116 valence electrons. The average Bonchev–Trinajstić information content (AvgIpc) is 2.52.